The lowest BCUT2D eigenvalue weighted by molar-refractivity contribution is -0.124. The van der Waals surface area contributed by atoms with Gasteiger partial charge in [-0.2, -0.15) is 0 Å². The van der Waals surface area contributed by atoms with Crippen molar-refractivity contribution in [3.8, 4) is 0 Å². The molecule has 0 bridgehead atoms. The van der Waals surface area contributed by atoms with Gasteiger partial charge in [-0.05, 0) is 50.9 Å². The SMILES string of the molecule is CCNC(C)(C(N)=O)c1c(C)cc(C)cc1C. The molecule has 0 spiro atoms. The van der Waals surface area contributed by atoms with E-state index in [4.69, 9.17) is 5.73 Å². The van der Waals surface area contributed by atoms with Crippen molar-refractivity contribution in [1.29, 1.82) is 0 Å². The minimum absolute atomic E-state index is 0.339. The van der Waals surface area contributed by atoms with Crippen molar-refractivity contribution >= 4 is 5.91 Å². The maximum absolute atomic E-state index is 11.8. The van der Waals surface area contributed by atoms with Crippen LogP contribution in [0.3, 0.4) is 0 Å². The van der Waals surface area contributed by atoms with Crippen LogP contribution < -0.4 is 11.1 Å². The van der Waals surface area contributed by atoms with Crippen LogP contribution >= 0.6 is 0 Å². The van der Waals surface area contributed by atoms with E-state index < -0.39 is 5.54 Å². The van der Waals surface area contributed by atoms with Crippen molar-refractivity contribution in [2.45, 2.75) is 40.2 Å². The first kappa shape index (κ1) is 13.7. The molecule has 0 aliphatic heterocycles. The summed E-state index contributed by atoms with van der Waals surface area (Å²) >= 11 is 0. The molecule has 94 valence electrons. The quantitative estimate of drug-likeness (QED) is 0.836. The van der Waals surface area contributed by atoms with Crippen molar-refractivity contribution in [3.63, 3.8) is 0 Å². The van der Waals surface area contributed by atoms with Crippen molar-refractivity contribution < 1.29 is 4.79 Å². The number of likely N-dealkylation sites (N-methyl/N-ethyl adjacent to an activating group) is 1. The van der Waals surface area contributed by atoms with Crippen molar-refractivity contribution in [2.24, 2.45) is 5.73 Å². The molecule has 1 unspecified atom stereocenters. The van der Waals surface area contributed by atoms with Gasteiger partial charge in [0, 0.05) is 0 Å². The summed E-state index contributed by atoms with van der Waals surface area (Å²) in [4.78, 5) is 11.8. The highest BCUT2D eigenvalue weighted by Crippen LogP contribution is 2.28. The lowest BCUT2D eigenvalue weighted by atomic mass is 9.83. The standard InChI is InChI=1S/C14H22N2O/c1-6-16-14(5,13(15)17)12-10(3)7-9(2)8-11(12)4/h7-8,16H,6H2,1-5H3,(H2,15,17). The molecule has 1 amide bonds. The van der Waals surface area contributed by atoms with Crippen molar-refractivity contribution in [3.05, 3.63) is 34.4 Å². The molecule has 0 aliphatic carbocycles. The Hall–Kier alpha value is -1.35. The molecule has 3 N–H and O–H groups in total. The number of primary amides is 1. The Labute approximate surface area is 103 Å². The molecule has 0 heterocycles. The van der Waals surface area contributed by atoms with Gasteiger partial charge < -0.3 is 11.1 Å². The third kappa shape index (κ3) is 2.50. The Morgan fingerprint density at radius 2 is 1.76 bits per heavy atom. The molecule has 3 heteroatoms. The van der Waals surface area contributed by atoms with Gasteiger partial charge in [0.15, 0.2) is 0 Å². The number of nitrogens with two attached hydrogens (primary N) is 1. The number of benzene rings is 1. The summed E-state index contributed by atoms with van der Waals surface area (Å²) in [5, 5.41) is 3.20. The second-order valence-corrected chi connectivity index (χ2v) is 4.79. The predicted molar refractivity (Wildman–Crippen MR) is 70.9 cm³/mol. The number of carbonyl (C=O) groups is 1. The average molecular weight is 234 g/mol. The van der Waals surface area contributed by atoms with E-state index in [2.05, 4.69) is 24.4 Å². The number of hydrogen-bond donors (Lipinski definition) is 2. The first-order chi connectivity index (χ1) is 7.82. The molecule has 17 heavy (non-hydrogen) atoms. The first-order valence-electron chi connectivity index (χ1n) is 5.96. The summed E-state index contributed by atoms with van der Waals surface area (Å²) in [5.74, 6) is -0.339. The van der Waals surface area contributed by atoms with Crippen LogP contribution in [-0.4, -0.2) is 12.5 Å². The Bertz CT molecular complexity index is 417. The largest absolute Gasteiger partial charge is 0.368 e. The molecule has 3 nitrogen and oxygen atoms in total. The van der Waals surface area contributed by atoms with Crippen molar-refractivity contribution in [1.82, 2.24) is 5.32 Å². The maximum Gasteiger partial charge on any atom is 0.242 e. The summed E-state index contributed by atoms with van der Waals surface area (Å²) in [5.41, 5.74) is 9.17. The van der Waals surface area contributed by atoms with Crippen LogP contribution in [0.25, 0.3) is 0 Å². The predicted octanol–water partition coefficient (Wildman–Crippen LogP) is 1.92. The zero-order chi connectivity index (χ0) is 13.2. The topological polar surface area (TPSA) is 55.1 Å². The second kappa shape index (κ2) is 4.88. The maximum atomic E-state index is 11.8. The molecular weight excluding hydrogens is 212 g/mol. The Morgan fingerprint density at radius 3 is 2.12 bits per heavy atom. The van der Waals surface area contributed by atoms with Gasteiger partial charge in [-0.25, -0.2) is 0 Å². The van der Waals surface area contributed by atoms with Crippen LogP contribution in [0.15, 0.2) is 12.1 Å². The fourth-order valence-corrected chi connectivity index (χ4v) is 2.62. The molecule has 0 aliphatic rings. The van der Waals surface area contributed by atoms with Gasteiger partial charge in [0.05, 0.1) is 0 Å². The minimum atomic E-state index is -0.795. The third-order valence-corrected chi connectivity index (χ3v) is 3.20. The molecular formula is C14H22N2O. The van der Waals surface area contributed by atoms with Crippen LogP contribution in [0.5, 0.6) is 0 Å². The van der Waals surface area contributed by atoms with Crippen molar-refractivity contribution in [2.75, 3.05) is 6.54 Å². The molecule has 0 radical (unpaired) electrons. The molecule has 0 aromatic heterocycles. The molecule has 1 aromatic rings. The van der Waals surface area contributed by atoms with Gasteiger partial charge in [-0.3, -0.25) is 4.79 Å². The number of amides is 1. The van der Waals surface area contributed by atoms with E-state index >= 15 is 0 Å². The highest BCUT2D eigenvalue weighted by molar-refractivity contribution is 5.86. The third-order valence-electron chi connectivity index (χ3n) is 3.20. The van der Waals surface area contributed by atoms with E-state index in [1.807, 2.05) is 27.7 Å². The van der Waals surface area contributed by atoms with Gasteiger partial charge in [-0.1, -0.05) is 24.6 Å². The van der Waals surface area contributed by atoms with Gasteiger partial charge in [0.25, 0.3) is 0 Å². The van der Waals surface area contributed by atoms with E-state index in [9.17, 15) is 4.79 Å². The van der Waals surface area contributed by atoms with E-state index in [1.54, 1.807) is 0 Å². The van der Waals surface area contributed by atoms with Gasteiger partial charge >= 0.3 is 0 Å². The number of nitrogens with one attached hydrogen (secondary N) is 1. The summed E-state index contributed by atoms with van der Waals surface area (Å²) in [7, 11) is 0. The van der Waals surface area contributed by atoms with Gasteiger partial charge in [0.2, 0.25) is 5.91 Å². The van der Waals surface area contributed by atoms with Crippen LogP contribution in [0.1, 0.15) is 36.1 Å². The number of carbonyl (C=O) groups excluding carboxylic acids is 1. The van der Waals surface area contributed by atoms with E-state index in [0.29, 0.717) is 6.54 Å². The zero-order valence-electron chi connectivity index (χ0n) is 11.3. The fraction of sp³-hybridized carbons (Fsp3) is 0.500. The normalized spacial score (nSPS) is 14.4. The monoisotopic (exact) mass is 234 g/mol. The van der Waals surface area contributed by atoms with Crippen LogP contribution in [-0.2, 0) is 10.3 Å². The van der Waals surface area contributed by atoms with Crippen LogP contribution in [0, 0.1) is 20.8 Å². The molecule has 0 saturated carbocycles. The minimum Gasteiger partial charge on any atom is -0.368 e. The lowest BCUT2D eigenvalue weighted by Gasteiger charge is -2.31. The summed E-state index contributed by atoms with van der Waals surface area (Å²) in [6, 6.07) is 4.17. The summed E-state index contributed by atoms with van der Waals surface area (Å²) in [6.45, 7) is 10.6. The fourth-order valence-electron chi connectivity index (χ4n) is 2.62. The summed E-state index contributed by atoms with van der Waals surface area (Å²) < 4.78 is 0. The van der Waals surface area contributed by atoms with E-state index in [1.165, 1.54) is 5.56 Å². The average Bonchev–Trinajstić information content (AvgIpc) is 2.15. The number of hydrogen-bond acceptors (Lipinski definition) is 2. The van der Waals surface area contributed by atoms with E-state index in [-0.39, 0.29) is 5.91 Å². The molecule has 0 fully saturated rings. The van der Waals surface area contributed by atoms with Crippen LogP contribution in [0.4, 0.5) is 0 Å². The highest BCUT2D eigenvalue weighted by Gasteiger charge is 2.34. The Kier molecular flexibility index (Phi) is 3.94. The number of rotatable bonds is 4. The number of aryl methyl sites for hydroxylation is 3. The lowest BCUT2D eigenvalue weighted by Crippen LogP contribution is -2.51. The second-order valence-electron chi connectivity index (χ2n) is 4.79. The van der Waals surface area contributed by atoms with Gasteiger partial charge in [-0.15, -0.1) is 0 Å². The highest BCUT2D eigenvalue weighted by atomic mass is 16.1. The van der Waals surface area contributed by atoms with Gasteiger partial charge in [0.1, 0.15) is 5.54 Å². The molecule has 1 rings (SSSR count). The first-order valence-corrected chi connectivity index (χ1v) is 5.96. The smallest absolute Gasteiger partial charge is 0.242 e. The molecule has 0 saturated heterocycles. The Morgan fingerprint density at radius 1 is 1.29 bits per heavy atom. The Balaban J connectivity index is 3.43. The van der Waals surface area contributed by atoms with Crippen LogP contribution in [0.2, 0.25) is 0 Å². The molecule has 1 atom stereocenters. The van der Waals surface area contributed by atoms with E-state index in [0.717, 1.165) is 16.7 Å². The molecule has 1 aromatic carbocycles. The zero-order valence-corrected chi connectivity index (χ0v) is 11.3. The summed E-state index contributed by atoms with van der Waals surface area (Å²) in [6.07, 6.45) is 0.